The fraction of sp³-hybridized carbons (Fsp3) is 0.286. The van der Waals surface area contributed by atoms with Crippen LogP contribution in [0.1, 0.15) is 25.3 Å². The molecule has 1 aliphatic carbocycles. The summed E-state index contributed by atoms with van der Waals surface area (Å²) in [5, 5.41) is 14.1. The third kappa shape index (κ3) is 4.26. The van der Waals surface area contributed by atoms with Gasteiger partial charge in [0.15, 0.2) is 0 Å². The maximum atomic E-state index is 12.7. The van der Waals surface area contributed by atoms with Gasteiger partial charge in [-0.1, -0.05) is 35.9 Å². The second-order valence-electron chi connectivity index (χ2n) is 6.42. The van der Waals surface area contributed by atoms with Gasteiger partial charge in [-0.3, -0.25) is 4.79 Å². The van der Waals surface area contributed by atoms with Crippen LogP contribution in [0.15, 0.2) is 54.6 Å². The van der Waals surface area contributed by atoms with Crippen LogP contribution in [-0.4, -0.2) is 23.7 Å². The summed E-state index contributed by atoms with van der Waals surface area (Å²) >= 11 is 5.87. The number of halogens is 1. The van der Waals surface area contributed by atoms with Crippen LogP contribution < -0.4 is 10.1 Å². The summed E-state index contributed by atoms with van der Waals surface area (Å²) in [5.74, 6) is 0.604. The molecule has 2 aromatic carbocycles. The number of hydrogen-bond acceptors (Lipinski definition) is 3. The summed E-state index contributed by atoms with van der Waals surface area (Å²) in [5.41, 5.74) is 0.872. The second kappa shape index (κ2) is 7.94. The Bertz CT molecular complexity index is 780. The minimum absolute atomic E-state index is 0.157. The maximum absolute atomic E-state index is 12.7. The van der Waals surface area contributed by atoms with Gasteiger partial charge in [0.05, 0.1) is 18.1 Å². The van der Waals surface area contributed by atoms with Crippen molar-refractivity contribution in [1.29, 1.82) is 0 Å². The highest BCUT2D eigenvalue weighted by atomic mass is 35.5. The van der Waals surface area contributed by atoms with Crippen LogP contribution in [-0.2, 0) is 4.79 Å². The molecule has 1 amide bonds. The molecule has 0 aliphatic heterocycles. The van der Waals surface area contributed by atoms with Crippen LogP contribution in [0.2, 0.25) is 5.02 Å². The summed E-state index contributed by atoms with van der Waals surface area (Å²) in [7, 11) is 0. The predicted octanol–water partition coefficient (Wildman–Crippen LogP) is 4.53. The lowest BCUT2D eigenvalue weighted by Crippen LogP contribution is -2.33. The Balaban J connectivity index is 1.63. The number of anilines is 1. The van der Waals surface area contributed by atoms with E-state index in [-0.39, 0.29) is 5.91 Å². The average molecular weight is 372 g/mol. The zero-order valence-electron chi connectivity index (χ0n) is 14.6. The summed E-state index contributed by atoms with van der Waals surface area (Å²) in [6.07, 6.45) is 3.99. The molecule has 136 valence electrons. The molecular formula is C21H22ClNO3. The fourth-order valence-electron chi connectivity index (χ4n) is 2.81. The Hall–Kier alpha value is -2.30. The lowest BCUT2D eigenvalue weighted by atomic mass is 9.96. The lowest BCUT2D eigenvalue weighted by Gasteiger charge is -2.19. The zero-order chi connectivity index (χ0) is 18.6. The summed E-state index contributed by atoms with van der Waals surface area (Å²) in [4.78, 5) is 12.7. The first-order chi connectivity index (χ1) is 12.5. The van der Waals surface area contributed by atoms with Gasteiger partial charge in [-0.25, -0.2) is 0 Å². The van der Waals surface area contributed by atoms with Crippen molar-refractivity contribution in [3.05, 3.63) is 65.2 Å². The van der Waals surface area contributed by atoms with E-state index in [0.29, 0.717) is 30.2 Å². The molecule has 0 radical (unpaired) electrons. The minimum Gasteiger partial charge on any atom is -0.494 e. The van der Waals surface area contributed by atoms with Gasteiger partial charge in [0.25, 0.3) is 0 Å². The van der Waals surface area contributed by atoms with E-state index in [4.69, 9.17) is 16.3 Å². The molecule has 26 heavy (non-hydrogen) atoms. The van der Waals surface area contributed by atoms with E-state index < -0.39 is 11.5 Å². The van der Waals surface area contributed by atoms with E-state index in [9.17, 15) is 9.90 Å². The largest absolute Gasteiger partial charge is 0.494 e. The Labute approximate surface area is 158 Å². The van der Waals surface area contributed by atoms with E-state index in [0.717, 1.165) is 11.3 Å². The summed E-state index contributed by atoms with van der Waals surface area (Å²) in [6.45, 7) is 2.52. The molecule has 3 rings (SSSR count). The SMILES string of the molecule is CCOc1ccc(NC(=O)C2(C(O)/C=C/c3ccc(Cl)cc3)CC2)cc1. The molecule has 0 bridgehead atoms. The number of aliphatic hydroxyl groups is 1. The minimum atomic E-state index is -0.833. The van der Waals surface area contributed by atoms with Crippen molar-refractivity contribution in [3.63, 3.8) is 0 Å². The molecule has 4 nitrogen and oxygen atoms in total. The number of rotatable bonds is 7. The molecule has 0 heterocycles. The number of carbonyl (C=O) groups is 1. The van der Waals surface area contributed by atoms with Gasteiger partial charge in [-0.05, 0) is 61.7 Å². The standard InChI is InChI=1S/C21H22ClNO3/c1-2-26-18-10-8-17(9-11-18)23-20(25)21(13-14-21)19(24)12-5-15-3-6-16(22)7-4-15/h3-12,19,24H,2,13-14H2,1H3,(H,23,25)/b12-5+. The third-order valence-electron chi connectivity index (χ3n) is 4.57. The molecule has 0 spiro atoms. The fourth-order valence-corrected chi connectivity index (χ4v) is 2.93. The lowest BCUT2D eigenvalue weighted by molar-refractivity contribution is -0.124. The van der Waals surface area contributed by atoms with Crippen molar-refractivity contribution >= 4 is 29.3 Å². The van der Waals surface area contributed by atoms with Crippen LogP contribution in [0, 0.1) is 5.41 Å². The molecule has 1 aliphatic rings. The van der Waals surface area contributed by atoms with Crippen molar-refractivity contribution < 1.29 is 14.6 Å². The topological polar surface area (TPSA) is 58.6 Å². The van der Waals surface area contributed by atoms with E-state index in [2.05, 4.69) is 5.32 Å². The van der Waals surface area contributed by atoms with Gasteiger partial charge < -0.3 is 15.2 Å². The Morgan fingerprint density at radius 1 is 1.23 bits per heavy atom. The number of hydrogen-bond donors (Lipinski definition) is 2. The van der Waals surface area contributed by atoms with Crippen LogP contribution in [0.3, 0.4) is 0 Å². The quantitative estimate of drug-likeness (QED) is 0.751. The monoisotopic (exact) mass is 371 g/mol. The van der Waals surface area contributed by atoms with Gasteiger partial charge in [-0.2, -0.15) is 0 Å². The molecule has 1 atom stereocenters. The molecule has 2 aromatic rings. The highest BCUT2D eigenvalue weighted by Crippen LogP contribution is 2.50. The molecule has 2 N–H and O–H groups in total. The zero-order valence-corrected chi connectivity index (χ0v) is 15.4. The van der Waals surface area contributed by atoms with E-state index in [1.807, 2.05) is 37.3 Å². The molecule has 1 unspecified atom stereocenters. The molecule has 1 saturated carbocycles. The first-order valence-electron chi connectivity index (χ1n) is 8.70. The van der Waals surface area contributed by atoms with E-state index in [1.165, 1.54) is 0 Å². The first-order valence-corrected chi connectivity index (χ1v) is 9.07. The van der Waals surface area contributed by atoms with Crippen molar-refractivity contribution in [1.82, 2.24) is 0 Å². The number of benzene rings is 2. The van der Waals surface area contributed by atoms with E-state index in [1.54, 1.807) is 30.3 Å². The van der Waals surface area contributed by atoms with Crippen molar-refractivity contribution in [2.24, 2.45) is 5.41 Å². The highest BCUT2D eigenvalue weighted by Gasteiger charge is 2.54. The number of aliphatic hydroxyl groups excluding tert-OH is 1. The van der Waals surface area contributed by atoms with Crippen LogP contribution >= 0.6 is 11.6 Å². The third-order valence-corrected chi connectivity index (χ3v) is 4.82. The normalized spacial score (nSPS) is 16.3. The van der Waals surface area contributed by atoms with Crippen molar-refractivity contribution in [2.75, 3.05) is 11.9 Å². The van der Waals surface area contributed by atoms with Gasteiger partial charge in [-0.15, -0.1) is 0 Å². The Morgan fingerprint density at radius 2 is 1.88 bits per heavy atom. The molecule has 1 fully saturated rings. The number of carbonyl (C=O) groups excluding carboxylic acids is 1. The van der Waals surface area contributed by atoms with Crippen LogP contribution in [0.5, 0.6) is 5.75 Å². The molecule has 0 saturated heterocycles. The predicted molar refractivity (Wildman–Crippen MR) is 104 cm³/mol. The van der Waals surface area contributed by atoms with Crippen molar-refractivity contribution in [2.45, 2.75) is 25.9 Å². The number of amides is 1. The average Bonchev–Trinajstić information content (AvgIpc) is 3.45. The van der Waals surface area contributed by atoms with Crippen LogP contribution in [0.25, 0.3) is 6.08 Å². The number of ether oxygens (including phenoxy) is 1. The van der Waals surface area contributed by atoms with Gasteiger partial charge in [0.2, 0.25) is 5.91 Å². The van der Waals surface area contributed by atoms with Gasteiger partial charge >= 0.3 is 0 Å². The summed E-state index contributed by atoms with van der Waals surface area (Å²) < 4.78 is 5.39. The van der Waals surface area contributed by atoms with Crippen molar-refractivity contribution in [3.8, 4) is 5.75 Å². The van der Waals surface area contributed by atoms with Crippen LogP contribution in [0.4, 0.5) is 5.69 Å². The summed E-state index contributed by atoms with van der Waals surface area (Å²) in [6, 6.07) is 14.5. The smallest absolute Gasteiger partial charge is 0.233 e. The number of nitrogens with one attached hydrogen (secondary N) is 1. The Morgan fingerprint density at radius 3 is 2.46 bits per heavy atom. The molecular weight excluding hydrogens is 350 g/mol. The second-order valence-corrected chi connectivity index (χ2v) is 6.86. The molecule has 5 heteroatoms. The maximum Gasteiger partial charge on any atom is 0.233 e. The van der Waals surface area contributed by atoms with Gasteiger partial charge in [0.1, 0.15) is 5.75 Å². The van der Waals surface area contributed by atoms with E-state index >= 15 is 0 Å². The molecule has 0 aromatic heterocycles. The first kappa shape index (κ1) is 18.5. The Kier molecular flexibility index (Phi) is 5.64. The van der Waals surface area contributed by atoms with Gasteiger partial charge in [0, 0.05) is 10.7 Å². The highest BCUT2D eigenvalue weighted by molar-refractivity contribution is 6.30.